The average Bonchev–Trinajstić information content (AvgIpc) is 3.15. The van der Waals surface area contributed by atoms with Crippen LogP contribution < -0.4 is 5.32 Å². The van der Waals surface area contributed by atoms with Gasteiger partial charge in [-0.15, -0.1) is 0 Å². The van der Waals surface area contributed by atoms with Crippen LogP contribution in [0.25, 0.3) is 0 Å². The molecule has 0 spiro atoms. The molecule has 1 N–H and O–H groups in total. The Kier molecular flexibility index (Phi) is 2.76. The van der Waals surface area contributed by atoms with Gasteiger partial charge in [-0.3, -0.25) is 4.79 Å². The standard InChI is InChI=1S/C12H12N4O2/c17-12(14-6-9-3-4-13-7-15-9)10-5-11(18-16-10)8-1-2-8/h3-5,7-8H,1-2,6H2,(H,14,17). The fourth-order valence-electron chi connectivity index (χ4n) is 1.64. The van der Waals surface area contributed by atoms with Gasteiger partial charge in [-0.1, -0.05) is 5.16 Å². The molecule has 2 aromatic heterocycles. The van der Waals surface area contributed by atoms with E-state index in [0.29, 0.717) is 18.2 Å². The van der Waals surface area contributed by atoms with Gasteiger partial charge < -0.3 is 9.84 Å². The molecule has 0 bridgehead atoms. The highest BCUT2D eigenvalue weighted by Crippen LogP contribution is 2.40. The van der Waals surface area contributed by atoms with Crippen molar-refractivity contribution < 1.29 is 9.32 Å². The minimum absolute atomic E-state index is 0.246. The van der Waals surface area contributed by atoms with Crippen molar-refractivity contribution in [2.45, 2.75) is 25.3 Å². The molecule has 1 fully saturated rings. The normalized spacial score (nSPS) is 14.4. The van der Waals surface area contributed by atoms with Crippen LogP contribution in [0.2, 0.25) is 0 Å². The summed E-state index contributed by atoms with van der Waals surface area (Å²) in [6, 6.07) is 3.46. The molecule has 6 heteroatoms. The number of nitrogens with one attached hydrogen (secondary N) is 1. The largest absolute Gasteiger partial charge is 0.360 e. The number of hydrogen-bond acceptors (Lipinski definition) is 5. The zero-order chi connectivity index (χ0) is 12.4. The number of hydrogen-bond donors (Lipinski definition) is 1. The first kappa shape index (κ1) is 10.9. The summed E-state index contributed by atoms with van der Waals surface area (Å²) in [7, 11) is 0. The summed E-state index contributed by atoms with van der Waals surface area (Å²) in [6.45, 7) is 0.354. The van der Waals surface area contributed by atoms with Crippen LogP contribution in [0, 0.1) is 0 Å². The molecule has 2 aromatic rings. The summed E-state index contributed by atoms with van der Waals surface area (Å²) in [5.41, 5.74) is 1.08. The number of carbonyl (C=O) groups is 1. The van der Waals surface area contributed by atoms with E-state index < -0.39 is 0 Å². The lowest BCUT2D eigenvalue weighted by molar-refractivity contribution is 0.0941. The van der Waals surface area contributed by atoms with Crippen molar-refractivity contribution in [3.05, 3.63) is 41.8 Å². The van der Waals surface area contributed by atoms with Crippen LogP contribution in [0.4, 0.5) is 0 Å². The van der Waals surface area contributed by atoms with E-state index in [-0.39, 0.29) is 5.91 Å². The van der Waals surface area contributed by atoms with Gasteiger partial charge in [0.25, 0.3) is 5.91 Å². The van der Waals surface area contributed by atoms with Crippen LogP contribution in [0.5, 0.6) is 0 Å². The molecule has 3 rings (SSSR count). The fraction of sp³-hybridized carbons (Fsp3) is 0.333. The molecule has 1 amide bonds. The molecule has 1 aliphatic carbocycles. The second kappa shape index (κ2) is 4.56. The summed E-state index contributed by atoms with van der Waals surface area (Å²) in [6.07, 6.45) is 5.33. The maximum absolute atomic E-state index is 11.8. The first-order chi connectivity index (χ1) is 8.83. The molecule has 0 unspecified atom stereocenters. The van der Waals surface area contributed by atoms with E-state index in [2.05, 4.69) is 20.4 Å². The topological polar surface area (TPSA) is 80.9 Å². The van der Waals surface area contributed by atoms with Crippen LogP contribution in [-0.4, -0.2) is 21.0 Å². The van der Waals surface area contributed by atoms with Crippen LogP contribution >= 0.6 is 0 Å². The summed E-state index contributed by atoms with van der Waals surface area (Å²) >= 11 is 0. The Morgan fingerprint density at radius 1 is 1.50 bits per heavy atom. The molecule has 0 radical (unpaired) electrons. The predicted octanol–water partition coefficient (Wildman–Crippen LogP) is 1.27. The minimum Gasteiger partial charge on any atom is -0.360 e. The average molecular weight is 244 g/mol. The molecule has 18 heavy (non-hydrogen) atoms. The zero-order valence-electron chi connectivity index (χ0n) is 9.67. The molecular weight excluding hydrogens is 232 g/mol. The second-order valence-corrected chi connectivity index (χ2v) is 4.27. The van der Waals surface area contributed by atoms with E-state index in [1.54, 1.807) is 18.3 Å². The molecule has 0 atom stereocenters. The van der Waals surface area contributed by atoms with E-state index in [4.69, 9.17) is 4.52 Å². The maximum Gasteiger partial charge on any atom is 0.273 e. The minimum atomic E-state index is -0.246. The van der Waals surface area contributed by atoms with Crippen molar-refractivity contribution in [3.63, 3.8) is 0 Å². The van der Waals surface area contributed by atoms with Crippen molar-refractivity contribution in [2.24, 2.45) is 0 Å². The first-order valence-electron chi connectivity index (χ1n) is 5.82. The molecule has 0 aromatic carbocycles. The summed E-state index contributed by atoms with van der Waals surface area (Å²) in [5, 5.41) is 6.51. The van der Waals surface area contributed by atoms with Crippen LogP contribution in [-0.2, 0) is 6.54 Å². The Morgan fingerprint density at radius 2 is 2.39 bits per heavy atom. The number of aromatic nitrogens is 3. The zero-order valence-corrected chi connectivity index (χ0v) is 9.67. The molecule has 0 saturated heterocycles. The van der Waals surface area contributed by atoms with E-state index in [0.717, 1.165) is 24.3 Å². The molecule has 92 valence electrons. The Balaban J connectivity index is 1.60. The number of carbonyl (C=O) groups excluding carboxylic acids is 1. The third-order valence-electron chi connectivity index (χ3n) is 2.81. The monoisotopic (exact) mass is 244 g/mol. The van der Waals surface area contributed by atoms with Crippen LogP contribution in [0.1, 0.15) is 40.7 Å². The molecular formula is C12H12N4O2. The van der Waals surface area contributed by atoms with Crippen molar-refractivity contribution in [2.75, 3.05) is 0 Å². The van der Waals surface area contributed by atoms with E-state index >= 15 is 0 Å². The Labute approximate surface area is 103 Å². The number of rotatable bonds is 4. The smallest absolute Gasteiger partial charge is 0.273 e. The van der Waals surface area contributed by atoms with Crippen molar-refractivity contribution in [3.8, 4) is 0 Å². The molecule has 0 aliphatic heterocycles. The Morgan fingerprint density at radius 3 is 3.11 bits per heavy atom. The van der Waals surface area contributed by atoms with Gasteiger partial charge in [-0.2, -0.15) is 0 Å². The van der Waals surface area contributed by atoms with Gasteiger partial charge in [0.15, 0.2) is 5.69 Å². The fourth-order valence-corrected chi connectivity index (χ4v) is 1.64. The highest BCUT2D eigenvalue weighted by Gasteiger charge is 2.28. The Hall–Kier alpha value is -2.24. The summed E-state index contributed by atoms with van der Waals surface area (Å²) in [5.74, 6) is 1.02. The highest BCUT2D eigenvalue weighted by atomic mass is 16.5. The number of nitrogens with zero attached hydrogens (tertiary/aromatic N) is 3. The quantitative estimate of drug-likeness (QED) is 0.876. The van der Waals surface area contributed by atoms with Gasteiger partial charge in [-0.05, 0) is 18.9 Å². The third kappa shape index (κ3) is 2.37. The van der Waals surface area contributed by atoms with Crippen LogP contribution in [0.3, 0.4) is 0 Å². The summed E-state index contributed by atoms with van der Waals surface area (Å²) < 4.78 is 5.13. The molecule has 1 saturated carbocycles. The lowest BCUT2D eigenvalue weighted by Gasteiger charge is -2.00. The van der Waals surface area contributed by atoms with Gasteiger partial charge in [0, 0.05) is 18.2 Å². The highest BCUT2D eigenvalue weighted by molar-refractivity contribution is 5.92. The Bertz CT molecular complexity index is 548. The van der Waals surface area contributed by atoms with Crippen LogP contribution in [0.15, 0.2) is 29.2 Å². The molecule has 6 nitrogen and oxygen atoms in total. The molecule has 2 heterocycles. The van der Waals surface area contributed by atoms with Gasteiger partial charge in [0.05, 0.1) is 12.2 Å². The third-order valence-corrected chi connectivity index (χ3v) is 2.81. The van der Waals surface area contributed by atoms with E-state index in [9.17, 15) is 4.79 Å². The van der Waals surface area contributed by atoms with E-state index in [1.165, 1.54) is 6.33 Å². The van der Waals surface area contributed by atoms with Gasteiger partial charge in [0.2, 0.25) is 0 Å². The maximum atomic E-state index is 11.8. The number of amides is 1. The SMILES string of the molecule is O=C(NCc1ccncn1)c1cc(C2CC2)on1. The van der Waals surface area contributed by atoms with Crippen molar-refractivity contribution in [1.29, 1.82) is 0 Å². The van der Waals surface area contributed by atoms with Gasteiger partial charge >= 0.3 is 0 Å². The van der Waals surface area contributed by atoms with Crippen molar-refractivity contribution in [1.82, 2.24) is 20.4 Å². The second-order valence-electron chi connectivity index (χ2n) is 4.27. The predicted molar refractivity (Wildman–Crippen MR) is 61.7 cm³/mol. The van der Waals surface area contributed by atoms with Gasteiger partial charge in [-0.25, -0.2) is 9.97 Å². The van der Waals surface area contributed by atoms with Crippen molar-refractivity contribution >= 4 is 5.91 Å². The molecule has 1 aliphatic rings. The van der Waals surface area contributed by atoms with Gasteiger partial charge in [0.1, 0.15) is 12.1 Å². The first-order valence-corrected chi connectivity index (χ1v) is 5.82. The van der Waals surface area contributed by atoms with E-state index in [1.807, 2.05) is 0 Å². The lowest BCUT2D eigenvalue weighted by Crippen LogP contribution is -2.23. The lowest BCUT2D eigenvalue weighted by atomic mass is 10.3. The summed E-state index contributed by atoms with van der Waals surface area (Å²) in [4.78, 5) is 19.6.